The largest absolute Gasteiger partial charge is 0.495 e. The number of hydrogen-bond acceptors (Lipinski definition) is 6. The molecule has 0 bridgehead atoms. The molecule has 0 fully saturated rings. The molecule has 168 valence electrons. The second-order valence-corrected chi connectivity index (χ2v) is 7.31. The molecule has 0 aliphatic carbocycles. The Kier molecular flexibility index (Phi) is 5.78. The lowest BCUT2D eigenvalue weighted by Gasteiger charge is -2.17. The van der Waals surface area contributed by atoms with E-state index in [2.05, 4.69) is 4.98 Å². The number of hydrogen-bond donors (Lipinski definition) is 0. The topological polar surface area (TPSA) is 92.4 Å². The minimum absolute atomic E-state index is 0.00487. The molecule has 33 heavy (non-hydrogen) atoms. The van der Waals surface area contributed by atoms with E-state index in [9.17, 15) is 18.8 Å². The molecule has 0 amide bonds. The van der Waals surface area contributed by atoms with Gasteiger partial charge in [0.2, 0.25) is 0 Å². The van der Waals surface area contributed by atoms with Crippen LogP contribution in [0.25, 0.3) is 16.7 Å². The van der Waals surface area contributed by atoms with E-state index in [1.807, 2.05) is 0 Å². The highest BCUT2D eigenvalue weighted by Crippen LogP contribution is 2.24. The lowest BCUT2D eigenvalue weighted by molar-refractivity contribution is 0.0602. The molecule has 0 saturated carbocycles. The number of ether oxygens (including phenoxy) is 2. The van der Waals surface area contributed by atoms with E-state index in [0.717, 1.165) is 4.57 Å². The minimum atomic E-state index is -0.735. The van der Waals surface area contributed by atoms with E-state index in [1.54, 1.807) is 31.2 Å². The lowest BCUT2D eigenvalue weighted by atomic mass is 10.1. The number of esters is 1. The van der Waals surface area contributed by atoms with Crippen LogP contribution >= 0.6 is 0 Å². The van der Waals surface area contributed by atoms with E-state index >= 15 is 0 Å². The molecule has 0 radical (unpaired) electrons. The predicted octanol–water partition coefficient (Wildman–Crippen LogP) is 2.84. The van der Waals surface area contributed by atoms with Crippen LogP contribution in [-0.4, -0.2) is 34.3 Å². The maximum Gasteiger partial charge on any atom is 0.338 e. The fourth-order valence-corrected chi connectivity index (χ4v) is 3.68. The van der Waals surface area contributed by atoms with Crippen molar-refractivity contribution >= 4 is 17.0 Å². The van der Waals surface area contributed by atoms with Crippen molar-refractivity contribution in [3.63, 3.8) is 0 Å². The van der Waals surface area contributed by atoms with Crippen molar-refractivity contribution in [2.45, 2.75) is 13.5 Å². The highest BCUT2D eigenvalue weighted by atomic mass is 19.1. The van der Waals surface area contributed by atoms with Crippen LogP contribution in [0.15, 0.2) is 64.2 Å². The first-order valence-corrected chi connectivity index (χ1v) is 9.99. The van der Waals surface area contributed by atoms with Crippen molar-refractivity contribution < 1.29 is 18.7 Å². The van der Waals surface area contributed by atoms with E-state index < -0.39 is 23.0 Å². The molecule has 0 N–H and O–H groups in total. The van der Waals surface area contributed by atoms with E-state index in [-0.39, 0.29) is 23.1 Å². The number of halogens is 1. The first kappa shape index (κ1) is 21.9. The van der Waals surface area contributed by atoms with Gasteiger partial charge in [0.15, 0.2) is 5.65 Å². The van der Waals surface area contributed by atoms with Gasteiger partial charge in [-0.25, -0.2) is 23.5 Å². The summed E-state index contributed by atoms with van der Waals surface area (Å²) in [6.45, 7) is 1.50. The molecule has 2 heterocycles. The molecular formula is C24H20FN3O5. The van der Waals surface area contributed by atoms with Gasteiger partial charge in [0.25, 0.3) is 5.56 Å². The zero-order valence-corrected chi connectivity index (χ0v) is 18.2. The Morgan fingerprint density at radius 2 is 1.76 bits per heavy atom. The second kappa shape index (κ2) is 8.70. The quantitative estimate of drug-likeness (QED) is 0.435. The van der Waals surface area contributed by atoms with Crippen LogP contribution in [0.4, 0.5) is 4.39 Å². The molecule has 8 nitrogen and oxygen atoms in total. The summed E-state index contributed by atoms with van der Waals surface area (Å²) < 4.78 is 25.9. The Balaban J connectivity index is 2.16. The Morgan fingerprint density at radius 1 is 1.06 bits per heavy atom. The number of fused-ring (bicyclic) bond motifs is 1. The number of aromatic nitrogens is 3. The average molecular weight is 449 g/mol. The van der Waals surface area contributed by atoms with Gasteiger partial charge in [-0.1, -0.05) is 24.3 Å². The summed E-state index contributed by atoms with van der Waals surface area (Å²) in [7, 11) is 2.66. The molecule has 2 aromatic carbocycles. The fourth-order valence-electron chi connectivity index (χ4n) is 3.68. The van der Waals surface area contributed by atoms with Gasteiger partial charge in [0.05, 0.1) is 37.4 Å². The molecule has 0 atom stereocenters. The Bertz CT molecular complexity index is 1490. The van der Waals surface area contributed by atoms with Crippen molar-refractivity contribution in [2.75, 3.05) is 14.2 Å². The summed E-state index contributed by atoms with van der Waals surface area (Å²) in [6, 6.07) is 13.6. The maximum atomic E-state index is 13.6. The number of pyridine rings is 1. The zero-order chi connectivity index (χ0) is 23.7. The number of benzene rings is 2. The van der Waals surface area contributed by atoms with Crippen LogP contribution in [0, 0.1) is 12.7 Å². The highest BCUT2D eigenvalue weighted by Gasteiger charge is 2.24. The third kappa shape index (κ3) is 3.89. The smallest absolute Gasteiger partial charge is 0.338 e. The Labute approximate surface area is 187 Å². The molecule has 4 rings (SSSR count). The second-order valence-electron chi connectivity index (χ2n) is 7.31. The molecule has 0 aliphatic heterocycles. The first-order valence-electron chi connectivity index (χ1n) is 9.99. The zero-order valence-electron chi connectivity index (χ0n) is 18.2. The SMILES string of the molecule is COC(=O)c1cc(C)nc2c1c(=O)n(Cc1ccc(F)cc1)c(=O)n2-c1ccccc1OC. The Hall–Kier alpha value is -4.27. The van der Waals surface area contributed by atoms with Crippen molar-refractivity contribution in [1.82, 2.24) is 14.1 Å². The van der Waals surface area contributed by atoms with Crippen molar-refractivity contribution in [1.29, 1.82) is 0 Å². The number of para-hydroxylation sites is 2. The van der Waals surface area contributed by atoms with Crippen LogP contribution in [0.3, 0.4) is 0 Å². The van der Waals surface area contributed by atoms with Gasteiger partial charge < -0.3 is 9.47 Å². The lowest BCUT2D eigenvalue weighted by Crippen LogP contribution is -2.41. The summed E-state index contributed by atoms with van der Waals surface area (Å²) >= 11 is 0. The van der Waals surface area contributed by atoms with Crippen molar-refractivity contribution in [2.24, 2.45) is 0 Å². The summed E-state index contributed by atoms with van der Waals surface area (Å²) in [6.07, 6.45) is 0. The normalized spacial score (nSPS) is 10.9. The van der Waals surface area contributed by atoms with Gasteiger partial charge in [0.1, 0.15) is 11.6 Å². The van der Waals surface area contributed by atoms with E-state index in [0.29, 0.717) is 22.7 Å². The first-order chi connectivity index (χ1) is 15.8. The number of aryl methyl sites for hydroxylation is 1. The van der Waals surface area contributed by atoms with Crippen molar-refractivity contribution in [3.05, 3.63) is 98.1 Å². The molecule has 4 aromatic rings. The monoisotopic (exact) mass is 449 g/mol. The van der Waals surface area contributed by atoms with E-state index in [1.165, 1.54) is 49.1 Å². The van der Waals surface area contributed by atoms with Crippen LogP contribution in [0.2, 0.25) is 0 Å². The summed E-state index contributed by atoms with van der Waals surface area (Å²) in [5.74, 6) is -0.805. The fraction of sp³-hybridized carbons (Fsp3) is 0.167. The van der Waals surface area contributed by atoms with Gasteiger partial charge in [-0.15, -0.1) is 0 Å². The van der Waals surface area contributed by atoms with Crippen LogP contribution < -0.4 is 16.0 Å². The summed E-state index contributed by atoms with van der Waals surface area (Å²) in [5.41, 5.74) is -0.111. The third-order valence-electron chi connectivity index (χ3n) is 5.21. The molecule has 0 spiro atoms. The van der Waals surface area contributed by atoms with Gasteiger partial charge in [0, 0.05) is 5.69 Å². The minimum Gasteiger partial charge on any atom is -0.495 e. The third-order valence-corrected chi connectivity index (χ3v) is 5.21. The molecule has 2 aromatic heterocycles. The number of rotatable bonds is 5. The number of carbonyl (C=O) groups excluding carboxylic acids is 1. The van der Waals surface area contributed by atoms with E-state index in [4.69, 9.17) is 9.47 Å². The summed E-state index contributed by atoms with van der Waals surface area (Å²) in [4.78, 5) is 44.1. The van der Waals surface area contributed by atoms with Gasteiger partial charge in [-0.05, 0) is 42.8 Å². The van der Waals surface area contributed by atoms with Crippen molar-refractivity contribution in [3.8, 4) is 11.4 Å². The van der Waals surface area contributed by atoms with Gasteiger partial charge >= 0.3 is 11.7 Å². The molecule has 9 heteroatoms. The van der Waals surface area contributed by atoms with Crippen LogP contribution in [0.5, 0.6) is 5.75 Å². The molecule has 0 aliphatic rings. The van der Waals surface area contributed by atoms with Crippen LogP contribution in [0.1, 0.15) is 21.6 Å². The Morgan fingerprint density at radius 3 is 2.42 bits per heavy atom. The van der Waals surface area contributed by atoms with Gasteiger partial charge in [-0.2, -0.15) is 0 Å². The summed E-state index contributed by atoms with van der Waals surface area (Å²) in [5, 5.41) is -0.0694. The average Bonchev–Trinajstić information content (AvgIpc) is 2.82. The molecular weight excluding hydrogens is 429 g/mol. The molecule has 0 saturated heterocycles. The maximum absolute atomic E-state index is 13.6. The standard InChI is InChI=1S/C24H20FN3O5/c1-14-12-17(23(30)33-3)20-21(26-14)28(18-6-4-5-7-19(18)32-2)24(31)27(22(20)29)13-15-8-10-16(25)11-9-15/h4-12H,13H2,1-3H3. The molecule has 0 unspecified atom stereocenters. The number of carbonyl (C=O) groups is 1. The van der Waals surface area contributed by atoms with Crippen LogP contribution in [-0.2, 0) is 11.3 Å². The number of methoxy groups -OCH3 is 2. The highest BCUT2D eigenvalue weighted by molar-refractivity contribution is 6.02. The number of nitrogens with zero attached hydrogens (tertiary/aromatic N) is 3. The van der Waals surface area contributed by atoms with Gasteiger partial charge in [-0.3, -0.25) is 9.36 Å². The predicted molar refractivity (Wildman–Crippen MR) is 120 cm³/mol.